The number of phenols is 1. The predicted octanol–water partition coefficient (Wildman–Crippen LogP) is -2.87. The smallest absolute Gasteiger partial charge is 0.326 e. The van der Waals surface area contributed by atoms with Crippen molar-refractivity contribution in [3.05, 3.63) is 120 Å². The molecule has 29 nitrogen and oxygen atoms in total. The highest BCUT2D eigenvalue weighted by Crippen LogP contribution is 2.23. The number of H-pyrrole nitrogens is 1. The average Bonchev–Trinajstić information content (AvgIpc) is 3.44. The molecule has 0 aliphatic carbocycles. The summed E-state index contributed by atoms with van der Waals surface area (Å²) in [6, 6.07) is 9.46. The number of hydrogen-bond donors (Lipinski definition) is 14. The summed E-state index contributed by atoms with van der Waals surface area (Å²) >= 11 is 0. The van der Waals surface area contributed by atoms with Crippen molar-refractivity contribution in [2.45, 2.75) is 132 Å². The number of nitrogens with one attached hydrogen (secondary N) is 8. The van der Waals surface area contributed by atoms with Crippen molar-refractivity contribution in [1.29, 1.82) is 0 Å². The fraction of sp³-hybridized carbons (Fsp3) is 0.421. The van der Waals surface area contributed by atoms with E-state index in [1.54, 1.807) is 42.5 Å². The summed E-state index contributed by atoms with van der Waals surface area (Å²) in [5, 5.41) is 66.3. The number of carboxylic acid groups (broad SMARTS) is 3. The topological polar surface area (TPSA) is 451 Å². The Labute approximate surface area is 492 Å². The first-order valence-electron chi connectivity index (χ1n) is 27.6. The van der Waals surface area contributed by atoms with Crippen LogP contribution in [0.1, 0.15) is 67.8 Å². The lowest BCUT2D eigenvalue weighted by Gasteiger charge is -2.32. The van der Waals surface area contributed by atoms with Gasteiger partial charge in [-0.25, -0.2) is 9.78 Å². The average molecular weight is 1200 g/mol. The molecule has 29 heteroatoms. The number of aromatic amines is 1. The Morgan fingerprint density at radius 3 is 1.63 bits per heavy atom. The number of carbonyl (C=O) groups is 12. The number of benzene rings is 3. The number of likely N-dealkylation sites (tertiary alicyclic amines) is 2. The lowest BCUT2D eigenvalue weighted by molar-refractivity contribution is -0.144. The fourth-order valence-corrected chi connectivity index (χ4v) is 9.95. The number of hydrogen-bond acceptors (Lipinski definition) is 16. The van der Waals surface area contributed by atoms with E-state index < -0.39 is 151 Å². The SMILES string of the molecule is C[C@@H](O)[C@H](NC(=O)[C@@H]1CCCN1C(=O)[C@@H](N)Cc1ccccc1)C(=O)N[C@@H](Cc1ccccc1)C(=O)N1CCC[C@H]1C(=O)N[C@@H](CC(=O)O)C(=O)NCC(=O)N[C@@H](Cc1cnc[nH]1)C(=O)N[C@@H](CC(=O)O)C(=O)N[C@@H](Cc1ccc(O)cc1)C(=O)O. The maximum atomic E-state index is 14.6. The van der Waals surface area contributed by atoms with Gasteiger partial charge in [-0.05, 0) is 67.9 Å². The molecule has 0 spiro atoms. The summed E-state index contributed by atoms with van der Waals surface area (Å²) in [4.78, 5) is 170. The van der Waals surface area contributed by atoms with Gasteiger partial charge in [0.25, 0.3) is 0 Å². The van der Waals surface area contributed by atoms with E-state index in [9.17, 15) is 83.1 Å². The van der Waals surface area contributed by atoms with Gasteiger partial charge in [0.2, 0.25) is 53.2 Å². The van der Waals surface area contributed by atoms with Crippen LogP contribution >= 0.6 is 0 Å². The van der Waals surface area contributed by atoms with Gasteiger partial charge in [-0.15, -0.1) is 0 Å². The monoisotopic (exact) mass is 1190 g/mol. The van der Waals surface area contributed by atoms with Gasteiger partial charge in [0.15, 0.2) is 0 Å². The van der Waals surface area contributed by atoms with Crippen molar-refractivity contribution >= 4 is 71.1 Å². The van der Waals surface area contributed by atoms with Crippen LogP contribution in [0.5, 0.6) is 5.75 Å². The minimum atomic E-state index is -1.89. The van der Waals surface area contributed by atoms with E-state index in [0.29, 0.717) is 17.5 Å². The van der Waals surface area contributed by atoms with E-state index in [-0.39, 0.29) is 69.5 Å². The van der Waals surface area contributed by atoms with E-state index in [2.05, 4.69) is 47.2 Å². The van der Waals surface area contributed by atoms with Gasteiger partial charge in [-0.3, -0.25) is 52.7 Å². The highest BCUT2D eigenvalue weighted by molar-refractivity contribution is 5.99. The largest absolute Gasteiger partial charge is 0.508 e. The van der Waals surface area contributed by atoms with E-state index in [4.69, 9.17) is 5.73 Å². The molecule has 6 rings (SSSR count). The molecule has 86 heavy (non-hydrogen) atoms. The van der Waals surface area contributed by atoms with E-state index in [1.807, 2.05) is 18.2 Å². The summed E-state index contributed by atoms with van der Waals surface area (Å²) in [5.41, 5.74) is 8.30. The number of rotatable bonds is 30. The highest BCUT2D eigenvalue weighted by Gasteiger charge is 2.42. The number of carbonyl (C=O) groups excluding carboxylic acids is 9. The van der Waals surface area contributed by atoms with Gasteiger partial charge in [0.05, 0.1) is 37.9 Å². The Bertz CT molecular complexity index is 3060. The fourth-order valence-electron chi connectivity index (χ4n) is 9.95. The van der Waals surface area contributed by atoms with Crippen molar-refractivity contribution in [3.63, 3.8) is 0 Å². The summed E-state index contributed by atoms with van der Waals surface area (Å²) in [6.45, 7) is 0.480. The number of amides is 9. The van der Waals surface area contributed by atoms with Gasteiger partial charge in [0, 0.05) is 44.2 Å². The summed E-state index contributed by atoms with van der Waals surface area (Å²) < 4.78 is 0. The molecule has 460 valence electrons. The number of nitrogens with two attached hydrogens (primary N) is 1. The minimum absolute atomic E-state index is 0.0140. The summed E-state index contributed by atoms with van der Waals surface area (Å²) in [5.74, 6) is -13.3. The van der Waals surface area contributed by atoms with E-state index >= 15 is 0 Å². The molecule has 10 atom stereocenters. The first-order valence-corrected chi connectivity index (χ1v) is 27.6. The lowest BCUT2D eigenvalue weighted by atomic mass is 10.0. The predicted molar refractivity (Wildman–Crippen MR) is 300 cm³/mol. The summed E-state index contributed by atoms with van der Waals surface area (Å²) in [6.07, 6.45) is -0.711. The molecular weight excluding hydrogens is 1120 g/mol. The third-order valence-electron chi connectivity index (χ3n) is 14.3. The Hall–Kier alpha value is -9.77. The van der Waals surface area contributed by atoms with Crippen LogP contribution in [0.15, 0.2) is 97.5 Å². The lowest BCUT2D eigenvalue weighted by Crippen LogP contribution is -2.61. The van der Waals surface area contributed by atoms with Crippen LogP contribution in [0, 0.1) is 0 Å². The zero-order valence-corrected chi connectivity index (χ0v) is 46.8. The number of imidazole rings is 1. The van der Waals surface area contributed by atoms with Gasteiger partial charge < -0.3 is 83.3 Å². The first-order chi connectivity index (χ1) is 41.0. The van der Waals surface area contributed by atoms with Crippen molar-refractivity contribution in [2.24, 2.45) is 5.73 Å². The normalized spacial score (nSPS) is 17.4. The molecule has 2 aliphatic rings. The third kappa shape index (κ3) is 19.1. The molecule has 0 saturated carbocycles. The molecule has 15 N–H and O–H groups in total. The Kier molecular flexibility index (Phi) is 23.7. The molecule has 2 saturated heterocycles. The standard InChI is InChI=1S/C57H70N12O17/c1-31(70)48(67-53(81)44-15-8-20-68(44)55(83)37(58)22-32-10-4-2-5-11-32)54(82)65-41(23-33-12-6-3-7-13-33)56(84)69-21-9-14-43(69)52(80)64-39(26-46(73)74)49(77)60-29-45(72)62-38(25-35-28-59-30-61-35)50(78)63-40(27-47(75)76)51(79)66-42(57(85)86)24-34-16-18-36(71)19-17-34/h2-7,10-13,16-19,28,30-31,37-44,48,70-71H,8-9,14-15,20-27,29,58H2,1H3,(H,59,61)(H,60,77)(H,62,72)(H,63,78)(H,64,80)(H,65,82)(H,66,79)(H,67,81)(H,73,74)(H,75,76)(H,85,86)/t31-,37+,38+,39+,40+,41+,42+,43+,44+,48+/m1/s1. The van der Waals surface area contributed by atoms with Gasteiger partial charge >= 0.3 is 17.9 Å². The van der Waals surface area contributed by atoms with Crippen molar-refractivity contribution in [1.82, 2.24) is 57.0 Å². The molecule has 2 aliphatic heterocycles. The number of carboxylic acids is 3. The van der Waals surface area contributed by atoms with Crippen LogP contribution in [0.25, 0.3) is 0 Å². The maximum Gasteiger partial charge on any atom is 0.326 e. The zero-order valence-electron chi connectivity index (χ0n) is 46.8. The van der Waals surface area contributed by atoms with Gasteiger partial charge in [0.1, 0.15) is 54.1 Å². The molecule has 2 fully saturated rings. The molecule has 0 bridgehead atoms. The summed E-state index contributed by atoms with van der Waals surface area (Å²) in [7, 11) is 0. The number of aliphatic hydroxyl groups excluding tert-OH is 1. The van der Waals surface area contributed by atoms with Crippen LogP contribution in [-0.4, -0.2) is 196 Å². The molecule has 0 unspecified atom stereocenters. The van der Waals surface area contributed by atoms with Crippen LogP contribution < -0.4 is 43.0 Å². The molecule has 0 radical (unpaired) electrons. The van der Waals surface area contributed by atoms with Crippen molar-refractivity contribution in [2.75, 3.05) is 19.6 Å². The van der Waals surface area contributed by atoms with Crippen molar-refractivity contribution < 1.29 is 83.1 Å². The number of aromatic nitrogens is 2. The number of aliphatic carboxylic acids is 3. The number of phenolic OH excluding ortho intramolecular Hbond substituents is 1. The second kappa shape index (κ2) is 31.2. The molecule has 1 aromatic heterocycles. The third-order valence-corrected chi connectivity index (χ3v) is 14.3. The van der Waals surface area contributed by atoms with Crippen LogP contribution in [0.4, 0.5) is 0 Å². The van der Waals surface area contributed by atoms with Gasteiger partial charge in [-0.1, -0.05) is 72.8 Å². The van der Waals surface area contributed by atoms with Crippen LogP contribution in [-0.2, 0) is 83.2 Å². The van der Waals surface area contributed by atoms with E-state index in [0.717, 1.165) is 10.5 Å². The highest BCUT2D eigenvalue weighted by atomic mass is 16.4. The molecular formula is C57H70N12O17. The number of aromatic hydroxyl groups is 1. The van der Waals surface area contributed by atoms with Crippen molar-refractivity contribution in [3.8, 4) is 5.75 Å². The first kappa shape index (κ1) is 65.4. The maximum absolute atomic E-state index is 14.6. The Morgan fingerprint density at radius 1 is 0.581 bits per heavy atom. The molecule has 4 aromatic rings. The quantitative estimate of drug-likeness (QED) is 0.0250. The Balaban J connectivity index is 1.10. The van der Waals surface area contributed by atoms with Gasteiger partial charge in [-0.2, -0.15) is 0 Å². The van der Waals surface area contributed by atoms with Crippen LogP contribution in [0.3, 0.4) is 0 Å². The number of aliphatic hydroxyl groups is 1. The second-order valence-corrected chi connectivity index (χ2v) is 20.9. The zero-order chi connectivity index (χ0) is 62.6. The van der Waals surface area contributed by atoms with E-state index in [1.165, 1.54) is 48.6 Å². The number of nitrogens with zero attached hydrogens (tertiary/aromatic N) is 3. The molecule has 3 aromatic carbocycles. The van der Waals surface area contributed by atoms with Crippen LogP contribution in [0.2, 0.25) is 0 Å². The minimum Gasteiger partial charge on any atom is -0.508 e. The second-order valence-electron chi connectivity index (χ2n) is 20.9. The Morgan fingerprint density at radius 2 is 1.08 bits per heavy atom. The molecule has 3 heterocycles. The molecule has 9 amide bonds.